The number of amides is 3. The molecule has 0 aliphatic carbocycles. The Morgan fingerprint density at radius 1 is 1.07 bits per heavy atom. The molecule has 8 heteroatoms. The molecule has 0 unspecified atom stereocenters. The number of methoxy groups -OCH3 is 1. The van der Waals surface area contributed by atoms with Crippen LogP contribution in [0.4, 0.5) is 17.1 Å². The second-order valence-corrected chi connectivity index (χ2v) is 6.37. The van der Waals surface area contributed by atoms with E-state index in [0.717, 1.165) is 6.42 Å². The number of nitrogens with zero attached hydrogens (tertiary/aromatic N) is 1. The Hall–Kier alpha value is -3.55. The van der Waals surface area contributed by atoms with Crippen molar-refractivity contribution in [3.8, 4) is 11.5 Å². The maximum absolute atomic E-state index is 12.4. The number of nitrogens with one attached hydrogen (secondary N) is 2. The number of hydrogen-bond acceptors (Lipinski definition) is 5. The first-order chi connectivity index (χ1) is 14.0. The Kier molecular flexibility index (Phi) is 6.33. The number of carbonyl (C=O) groups is 3. The molecule has 29 heavy (non-hydrogen) atoms. The molecule has 1 saturated heterocycles. The van der Waals surface area contributed by atoms with Gasteiger partial charge in [0.25, 0.3) is 0 Å². The smallest absolute Gasteiger partial charge is 0.314 e. The average Bonchev–Trinajstić information content (AvgIpc) is 3.15. The van der Waals surface area contributed by atoms with Crippen LogP contribution in [0.5, 0.6) is 11.5 Å². The second-order valence-electron chi connectivity index (χ2n) is 6.37. The van der Waals surface area contributed by atoms with Gasteiger partial charge in [0.15, 0.2) is 0 Å². The van der Waals surface area contributed by atoms with E-state index in [2.05, 4.69) is 10.6 Å². The van der Waals surface area contributed by atoms with E-state index in [1.54, 1.807) is 47.4 Å². The molecule has 8 nitrogen and oxygen atoms in total. The zero-order chi connectivity index (χ0) is 20.8. The first-order valence-electron chi connectivity index (χ1n) is 9.36. The minimum absolute atomic E-state index is 0.00273. The fourth-order valence-electron chi connectivity index (χ4n) is 3.10. The molecular formula is C21H23N3O5. The normalized spacial score (nSPS) is 13.2. The standard InChI is InChI=1S/C21H23N3O5/c1-3-29-17-8-5-4-7-15(17)23-21(27)20(26)22-14-10-11-18(28-2)16(13-14)24-12-6-9-19(24)25/h4-5,7-8,10-11,13H,3,6,9,12H2,1-2H3,(H,22,26)(H,23,27). The van der Waals surface area contributed by atoms with Crippen molar-refractivity contribution in [2.24, 2.45) is 0 Å². The molecule has 1 heterocycles. The van der Waals surface area contributed by atoms with Crippen molar-refractivity contribution < 1.29 is 23.9 Å². The number of carbonyl (C=O) groups excluding carboxylic acids is 3. The molecular weight excluding hydrogens is 374 g/mol. The number of anilines is 3. The predicted molar refractivity (Wildman–Crippen MR) is 109 cm³/mol. The Morgan fingerprint density at radius 3 is 2.52 bits per heavy atom. The van der Waals surface area contributed by atoms with E-state index in [1.807, 2.05) is 6.92 Å². The number of benzene rings is 2. The SMILES string of the molecule is CCOc1ccccc1NC(=O)C(=O)Nc1ccc(OC)c(N2CCCC2=O)c1. The molecule has 1 aliphatic rings. The molecule has 3 amide bonds. The van der Waals surface area contributed by atoms with Gasteiger partial charge in [0.2, 0.25) is 5.91 Å². The van der Waals surface area contributed by atoms with Gasteiger partial charge in [-0.15, -0.1) is 0 Å². The van der Waals surface area contributed by atoms with Crippen LogP contribution in [0.1, 0.15) is 19.8 Å². The van der Waals surface area contributed by atoms with Crippen LogP contribution in [-0.2, 0) is 14.4 Å². The molecule has 0 atom stereocenters. The van der Waals surface area contributed by atoms with Crippen molar-refractivity contribution in [2.75, 3.05) is 35.8 Å². The third kappa shape index (κ3) is 4.66. The number of hydrogen-bond donors (Lipinski definition) is 2. The van der Waals surface area contributed by atoms with Gasteiger partial charge in [-0.05, 0) is 43.7 Å². The maximum atomic E-state index is 12.4. The van der Waals surface area contributed by atoms with Crippen molar-refractivity contribution in [1.82, 2.24) is 0 Å². The van der Waals surface area contributed by atoms with Crippen LogP contribution >= 0.6 is 0 Å². The summed E-state index contributed by atoms with van der Waals surface area (Å²) in [5, 5.41) is 5.11. The van der Waals surface area contributed by atoms with Gasteiger partial charge in [-0.2, -0.15) is 0 Å². The fourth-order valence-corrected chi connectivity index (χ4v) is 3.10. The molecule has 1 fully saturated rings. The zero-order valence-electron chi connectivity index (χ0n) is 16.4. The zero-order valence-corrected chi connectivity index (χ0v) is 16.4. The van der Waals surface area contributed by atoms with Gasteiger partial charge < -0.3 is 25.0 Å². The fraction of sp³-hybridized carbons (Fsp3) is 0.286. The van der Waals surface area contributed by atoms with Gasteiger partial charge in [-0.3, -0.25) is 14.4 Å². The highest BCUT2D eigenvalue weighted by Crippen LogP contribution is 2.34. The maximum Gasteiger partial charge on any atom is 0.314 e. The lowest BCUT2D eigenvalue weighted by molar-refractivity contribution is -0.133. The first kappa shape index (κ1) is 20.2. The van der Waals surface area contributed by atoms with Crippen LogP contribution < -0.4 is 25.0 Å². The summed E-state index contributed by atoms with van der Waals surface area (Å²) in [5.41, 5.74) is 1.36. The summed E-state index contributed by atoms with van der Waals surface area (Å²) in [5.74, 6) is -0.659. The number of ether oxygens (including phenoxy) is 2. The van der Waals surface area contributed by atoms with Gasteiger partial charge in [-0.1, -0.05) is 12.1 Å². The van der Waals surface area contributed by atoms with E-state index in [4.69, 9.17) is 9.47 Å². The number of para-hydroxylation sites is 2. The highest BCUT2D eigenvalue weighted by Gasteiger charge is 2.25. The minimum Gasteiger partial charge on any atom is -0.495 e. The largest absolute Gasteiger partial charge is 0.495 e. The Labute approximate surface area is 168 Å². The molecule has 2 aromatic rings. The highest BCUT2D eigenvalue weighted by molar-refractivity contribution is 6.43. The summed E-state index contributed by atoms with van der Waals surface area (Å²) in [7, 11) is 1.51. The summed E-state index contributed by atoms with van der Waals surface area (Å²) < 4.78 is 10.8. The number of rotatable bonds is 6. The van der Waals surface area contributed by atoms with Gasteiger partial charge >= 0.3 is 11.8 Å². The Morgan fingerprint density at radius 2 is 1.83 bits per heavy atom. The molecule has 0 bridgehead atoms. The van der Waals surface area contributed by atoms with E-state index < -0.39 is 11.8 Å². The second kappa shape index (κ2) is 9.09. The summed E-state index contributed by atoms with van der Waals surface area (Å²) in [6.45, 7) is 2.85. The third-order valence-electron chi connectivity index (χ3n) is 4.44. The van der Waals surface area contributed by atoms with E-state index in [1.165, 1.54) is 7.11 Å². The van der Waals surface area contributed by atoms with Crippen LogP contribution in [0.2, 0.25) is 0 Å². The summed E-state index contributed by atoms with van der Waals surface area (Å²) in [6.07, 6.45) is 1.24. The van der Waals surface area contributed by atoms with Crippen molar-refractivity contribution >= 4 is 34.8 Å². The van der Waals surface area contributed by atoms with Gasteiger partial charge in [-0.25, -0.2) is 0 Å². The average molecular weight is 397 g/mol. The van der Waals surface area contributed by atoms with Crippen LogP contribution in [-0.4, -0.2) is 38.0 Å². The van der Waals surface area contributed by atoms with Gasteiger partial charge in [0.1, 0.15) is 11.5 Å². The lowest BCUT2D eigenvalue weighted by Gasteiger charge is -2.20. The van der Waals surface area contributed by atoms with E-state index in [-0.39, 0.29) is 5.91 Å². The monoisotopic (exact) mass is 397 g/mol. The third-order valence-corrected chi connectivity index (χ3v) is 4.44. The van der Waals surface area contributed by atoms with Crippen molar-refractivity contribution in [3.05, 3.63) is 42.5 Å². The van der Waals surface area contributed by atoms with Gasteiger partial charge in [0, 0.05) is 18.7 Å². The molecule has 3 rings (SSSR count). The predicted octanol–water partition coefficient (Wildman–Crippen LogP) is 2.80. The van der Waals surface area contributed by atoms with Crippen LogP contribution in [0.25, 0.3) is 0 Å². The lowest BCUT2D eigenvalue weighted by atomic mass is 10.2. The van der Waals surface area contributed by atoms with E-state index in [0.29, 0.717) is 48.1 Å². The summed E-state index contributed by atoms with van der Waals surface area (Å²) in [6, 6.07) is 11.8. The van der Waals surface area contributed by atoms with Crippen molar-refractivity contribution in [3.63, 3.8) is 0 Å². The van der Waals surface area contributed by atoms with Gasteiger partial charge in [0.05, 0.1) is 25.1 Å². The molecule has 0 radical (unpaired) electrons. The van der Waals surface area contributed by atoms with Crippen LogP contribution in [0.3, 0.4) is 0 Å². The Balaban J connectivity index is 1.73. The van der Waals surface area contributed by atoms with Crippen LogP contribution in [0.15, 0.2) is 42.5 Å². The molecule has 1 aliphatic heterocycles. The van der Waals surface area contributed by atoms with Crippen molar-refractivity contribution in [2.45, 2.75) is 19.8 Å². The van der Waals surface area contributed by atoms with Crippen molar-refractivity contribution in [1.29, 1.82) is 0 Å². The summed E-state index contributed by atoms with van der Waals surface area (Å²) in [4.78, 5) is 38.4. The lowest BCUT2D eigenvalue weighted by Crippen LogP contribution is -2.29. The molecule has 0 aromatic heterocycles. The Bertz CT molecular complexity index is 928. The summed E-state index contributed by atoms with van der Waals surface area (Å²) >= 11 is 0. The molecule has 152 valence electrons. The first-order valence-corrected chi connectivity index (χ1v) is 9.36. The van der Waals surface area contributed by atoms with E-state index in [9.17, 15) is 14.4 Å². The minimum atomic E-state index is -0.833. The molecule has 2 aromatic carbocycles. The highest BCUT2D eigenvalue weighted by atomic mass is 16.5. The molecule has 0 saturated carbocycles. The molecule has 0 spiro atoms. The molecule has 2 N–H and O–H groups in total. The quantitative estimate of drug-likeness (QED) is 0.731. The topological polar surface area (TPSA) is 97.0 Å². The van der Waals surface area contributed by atoms with E-state index >= 15 is 0 Å². The van der Waals surface area contributed by atoms with Crippen LogP contribution in [0, 0.1) is 0 Å².